The molecule has 9 heteroatoms. The number of carbonyl (C=O) groups is 1. The van der Waals surface area contributed by atoms with Crippen LogP contribution in [0.4, 0.5) is 5.69 Å². The molecule has 0 fully saturated rings. The molecule has 2 aromatic carbocycles. The maximum atomic E-state index is 13.2. The van der Waals surface area contributed by atoms with Crippen LogP contribution >= 0.6 is 8.60 Å². The fraction of sp³-hybridized carbons (Fsp3) is 0.483. The molecule has 8 nitrogen and oxygen atoms in total. The molecule has 0 amide bonds. The maximum absolute atomic E-state index is 13.2. The summed E-state index contributed by atoms with van der Waals surface area (Å²) in [6.45, 7) is 15.6. The van der Waals surface area contributed by atoms with E-state index in [4.69, 9.17) is 33.5 Å². The molecular weight excluding hydrogens is 505 g/mol. The summed E-state index contributed by atoms with van der Waals surface area (Å²) in [6.07, 6.45) is 2.36. The van der Waals surface area contributed by atoms with Crippen LogP contribution in [0.3, 0.4) is 0 Å². The van der Waals surface area contributed by atoms with Crippen molar-refractivity contribution in [1.29, 1.82) is 0 Å². The number of anilines is 1. The summed E-state index contributed by atoms with van der Waals surface area (Å²) >= 11 is 0. The van der Waals surface area contributed by atoms with E-state index >= 15 is 0 Å². The summed E-state index contributed by atoms with van der Waals surface area (Å²) in [5, 5.41) is 0. The van der Waals surface area contributed by atoms with Crippen LogP contribution in [0, 0.1) is 13.8 Å². The predicted molar refractivity (Wildman–Crippen MR) is 151 cm³/mol. The first kappa shape index (κ1) is 29.9. The van der Waals surface area contributed by atoms with Gasteiger partial charge in [-0.2, -0.15) is 0 Å². The van der Waals surface area contributed by atoms with Crippen LogP contribution in [-0.2, 0) is 20.0 Å². The van der Waals surface area contributed by atoms with E-state index in [1.807, 2.05) is 79.7 Å². The number of ether oxygens (including phenoxy) is 3. The van der Waals surface area contributed by atoms with Crippen LogP contribution in [-0.4, -0.2) is 38.0 Å². The molecule has 2 N–H and O–H groups in total. The van der Waals surface area contributed by atoms with Gasteiger partial charge < -0.3 is 29.0 Å². The number of benzene rings is 2. The quantitative estimate of drug-likeness (QED) is 0.157. The molecule has 1 aliphatic carbocycles. The Hall–Kier alpha value is -2.64. The normalized spacial score (nSPS) is 14.8. The zero-order chi connectivity index (χ0) is 28.4. The molecular formula is C29H40NO7P. The minimum Gasteiger partial charge on any atom is -0.493 e. The number of hydrogen-bond donors (Lipinski definition) is 1. The average molecular weight is 546 g/mol. The standard InChI is InChI=1S/C29H40NO7P/c1-17-11-19(13-21-14-20-15-22(32-9)27(33-10)24(30)23(20)25(21)31)12-18(2)26(17)34-16-35-38(36-28(3,4)5)37-29(6,7)8/h11-13,15H,14,16,30H2,1-10H3/b21-13+. The van der Waals surface area contributed by atoms with Gasteiger partial charge in [-0.3, -0.25) is 9.32 Å². The SMILES string of the molecule is COc1cc2c(c(N)c1OC)C(=O)/C(=C/c1cc(C)c(OCOP(OC(C)(C)C)OC(C)(C)C)c(C)c1)C2. The number of aryl methyl sites for hydroxylation is 2. The Morgan fingerprint density at radius 1 is 0.921 bits per heavy atom. The van der Waals surface area contributed by atoms with Gasteiger partial charge in [0.2, 0.25) is 0 Å². The van der Waals surface area contributed by atoms with Crippen molar-refractivity contribution in [2.75, 3.05) is 26.7 Å². The zero-order valence-corrected chi connectivity index (χ0v) is 25.0. The number of nitrogens with two attached hydrogens (primary N) is 1. The third kappa shape index (κ3) is 7.26. The second kappa shape index (κ2) is 11.6. The Kier molecular flexibility index (Phi) is 9.15. The third-order valence-corrected chi connectivity index (χ3v) is 7.28. The highest BCUT2D eigenvalue weighted by Crippen LogP contribution is 2.47. The smallest absolute Gasteiger partial charge is 0.336 e. The van der Waals surface area contributed by atoms with E-state index in [0.29, 0.717) is 40.5 Å². The lowest BCUT2D eigenvalue weighted by Crippen LogP contribution is -2.23. The Bertz CT molecular complexity index is 1190. The van der Waals surface area contributed by atoms with Crippen molar-refractivity contribution in [3.63, 3.8) is 0 Å². The van der Waals surface area contributed by atoms with E-state index in [1.54, 1.807) is 7.11 Å². The molecule has 1 aliphatic rings. The fourth-order valence-electron chi connectivity index (χ4n) is 4.19. The lowest BCUT2D eigenvalue weighted by Gasteiger charge is -2.30. The van der Waals surface area contributed by atoms with Crippen LogP contribution in [0.1, 0.15) is 74.2 Å². The number of fused-ring (bicyclic) bond motifs is 1. The van der Waals surface area contributed by atoms with Gasteiger partial charge in [-0.15, -0.1) is 0 Å². The van der Waals surface area contributed by atoms with E-state index in [1.165, 1.54) is 7.11 Å². The minimum absolute atomic E-state index is 0.0171. The van der Waals surface area contributed by atoms with Crippen LogP contribution in [0.25, 0.3) is 6.08 Å². The number of hydrogen-bond acceptors (Lipinski definition) is 8. The number of Topliss-reactive ketones (excluding diaryl/α,β-unsaturated/α-hetero) is 1. The number of rotatable bonds is 9. The van der Waals surface area contributed by atoms with Gasteiger partial charge in [0.1, 0.15) is 5.75 Å². The van der Waals surface area contributed by atoms with Gasteiger partial charge in [-0.25, -0.2) is 0 Å². The summed E-state index contributed by atoms with van der Waals surface area (Å²) in [5.74, 6) is 1.50. The highest BCUT2D eigenvalue weighted by atomic mass is 31.2. The Balaban J connectivity index is 1.77. The molecule has 0 aliphatic heterocycles. The lowest BCUT2D eigenvalue weighted by atomic mass is 10.0. The average Bonchev–Trinajstić information content (AvgIpc) is 3.08. The lowest BCUT2D eigenvalue weighted by molar-refractivity contribution is 0.00821. The molecule has 0 aromatic heterocycles. The number of ketones is 1. The Morgan fingerprint density at radius 3 is 2.00 bits per heavy atom. The van der Waals surface area contributed by atoms with Gasteiger partial charge in [0.25, 0.3) is 0 Å². The summed E-state index contributed by atoms with van der Waals surface area (Å²) in [7, 11) is 1.45. The second-order valence-corrected chi connectivity index (χ2v) is 12.3. The van der Waals surface area contributed by atoms with E-state index in [2.05, 4.69) is 0 Å². The minimum atomic E-state index is -1.61. The van der Waals surface area contributed by atoms with Crippen molar-refractivity contribution in [2.24, 2.45) is 0 Å². The first-order valence-electron chi connectivity index (χ1n) is 12.5. The number of methoxy groups -OCH3 is 2. The second-order valence-electron chi connectivity index (χ2n) is 11.2. The molecule has 0 atom stereocenters. The monoisotopic (exact) mass is 545 g/mol. The zero-order valence-electron chi connectivity index (χ0n) is 24.1. The highest BCUT2D eigenvalue weighted by molar-refractivity contribution is 7.41. The Labute approximate surface area is 227 Å². The van der Waals surface area contributed by atoms with Crippen molar-refractivity contribution >= 4 is 26.1 Å². The van der Waals surface area contributed by atoms with Crippen LogP contribution < -0.4 is 19.9 Å². The predicted octanol–water partition coefficient (Wildman–Crippen LogP) is 6.94. The van der Waals surface area contributed by atoms with Crippen molar-refractivity contribution < 1.29 is 32.6 Å². The van der Waals surface area contributed by atoms with E-state index < -0.39 is 19.8 Å². The number of carbonyl (C=O) groups excluding carboxylic acids is 1. The van der Waals surface area contributed by atoms with E-state index in [-0.39, 0.29) is 12.6 Å². The molecule has 2 aromatic rings. The van der Waals surface area contributed by atoms with Gasteiger partial charge in [0.05, 0.1) is 36.7 Å². The molecule has 0 spiro atoms. The van der Waals surface area contributed by atoms with Crippen molar-refractivity contribution in [3.8, 4) is 17.2 Å². The highest BCUT2D eigenvalue weighted by Gasteiger charge is 2.31. The number of nitrogen functional groups attached to an aromatic ring is 1. The molecule has 0 bridgehead atoms. The number of allylic oxidation sites excluding steroid dienone is 1. The molecule has 208 valence electrons. The van der Waals surface area contributed by atoms with Gasteiger partial charge in [0, 0.05) is 12.0 Å². The van der Waals surface area contributed by atoms with Crippen LogP contribution in [0.15, 0.2) is 23.8 Å². The van der Waals surface area contributed by atoms with Crippen LogP contribution in [0.2, 0.25) is 0 Å². The van der Waals surface area contributed by atoms with Crippen LogP contribution in [0.5, 0.6) is 17.2 Å². The largest absolute Gasteiger partial charge is 0.493 e. The molecule has 0 radical (unpaired) electrons. The Morgan fingerprint density at radius 2 is 1.50 bits per heavy atom. The van der Waals surface area contributed by atoms with Crippen molar-refractivity contribution in [3.05, 3.63) is 51.6 Å². The molecule has 38 heavy (non-hydrogen) atoms. The fourth-order valence-corrected chi connectivity index (χ4v) is 5.37. The summed E-state index contributed by atoms with van der Waals surface area (Å²) in [5.41, 5.74) is 10.4. The molecule has 0 unspecified atom stereocenters. The molecule has 0 heterocycles. The summed E-state index contributed by atoms with van der Waals surface area (Å²) in [4.78, 5) is 13.2. The van der Waals surface area contributed by atoms with Gasteiger partial charge >= 0.3 is 8.60 Å². The van der Waals surface area contributed by atoms with Gasteiger partial charge in [-0.1, -0.05) is 0 Å². The third-order valence-electron chi connectivity index (χ3n) is 5.57. The maximum Gasteiger partial charge on any atom is 0.336 e. The van der Waals surface area contributed by atoms with E-state index in [0.717, 1.165) is 22.3 Å². The van der Waals surface area contributed by atoms with Crippen molar-refractivity contribution in [1.82, 2.24) is 0 Å². The van der Waals surface area contributed by atoms with Gasteiger partial charge in [0.15, 0.2) is 24.1 Å². The van der Waals surface area contributed by atoms with E-state index in [9.17, 15) is 4.79 Å². The first-order valence-corrected chi connectivity index (χ1v) is 13.6. The molecule has 0 saturated carbocycles. The van der Waals surface area contributed by atoms with Gasteiger partial charge in [-0.05, 0) is 102 Å². The topological polar surface area (TPSA) is 98.5 Å². The molecule has 3 rings (SSSR count). The summed E-state index contributed by atoms with van der Waals surface area (Å²) in [6, 6.07) is 5.78. The van der Waals surface area contributed by atoms with Crippen molar-refractivity contribution in [2.45, 2.75) is 73.0 Å². The molecule has 0 saturated heterocycles. The summed E-state index contributed by atoms with van der Waals surface area (Å²) < 4.78 is 34.5. The first-order chi connectivity index (χ1) is 17.6.